The van der Waals surface area contributed by atoms with Crippen LogP contribution < -0.4 is 11.1 Å². The van der Waals surface area contributed by atoms with Gasteiger partial charge in [-0.25, -0.2) is 0 Å². The summed E-state index contributed by atoms with van der Waals surface area (Å²) >= 11 is 0. The van der Waals surface area contributed by atoms with Gasteiger partial charge in [-0.3, -0.25) is 4.79 Å². The van der Waals surface area contributed by atoms with E-state index in [1.165, 1.54) is 19.3 Å². The van der Waals surface area contributed by atoms with Crippen LogP contribution in [-0.2, 0) is 10.2 Å². The molecule has 1 aromatic rings. The van der Waals surface area contributed by atoms with E-state index in [9.17, 15) is 4.79 Å². The first kappa shape index (κ1) is 14.6. The Labute approximate surface area is 127 Å². The van der Waals surface area contributed by atoms with E-state index < -0.39 is 5.41 Å². The first-order valence-electron chi connectivity index (χ1n) is 8.32. The Morgan fingerprint density at radius 1 is 1.05 bits per heavy atom. The molecular weight excluding hydrogens is 260 g/mol. The molecule has 1 saturated carbocycles. The van der Waals surface area contributed by atoms with Gasteiger partial charge in [-0.05, 0) is 49.8 Å². The highest BCUT2D eigenvalue weighted by atomic mass is 16.1. The summed E-state index contributed by atoms with van der Waals surface area (Å²) in [5.41, 5.74) is 6.70. The van der Waals surface area contributed by atoms with E-state index in [0.29, 0.717) is 11.8 Å². The Kier molecular flexibility index (Phi) is 4.29. The SMILES string of the molecule is NC(=O)[C@@](c1ccccc1)(C1CCCCC1)C1CCNC1. The summed E-state index contributed by atoms with van der Waals surface area (Å²) in [6.45, 7) is 1.91. The summed E-state index contributed by atoms with van der Waals surface area (Å²) in [5.74, 6) is 0.617. The standard InChI is InChI=1S/C18H26N2O/c19-17(21)18(16-11-12-20-13-16,14-7-3-1-4-8-14)15-9-5-2-6-10-15/h1,3-4,7-8,15-16,20H,2,5-6,9-13H2,(H2,19,21)/t16?,18-/m0/s1. The molecule has 1 heterocycles. The van der Waals surface area contributed by atoms with Crippen LogP contribution in [0.1, 0.15) is 44.1 Å². The van der Waals surface area contributed by atoms with Gasteiger partial charge in [0.15, 0.2) is 0 Å². The van der Waals surface area contributed by atoms with Crippen molar-refractivity contribution < 1.29 is 4.79 Å². The molecule has 1 aliphatic carbocycles. The third-order valence-electron chi connectivity index (χ3n) is 5.61. The minimum Gasteiger partial charge on any atom is -0.369 e. The Morgan fingerprint density at radius 3 is 2.33 bits per heavy atom. The summed E-state index contributed by atoms with van der Waals surface area (Å²) in [4.78, 5) is 12.7. The summed E-state index contributed by atoms with van der Waals surface area (Å²) < 4.78 is 0. The number of carbonyl (C=O) groups is 1. The van der Waals surface area contributed by atoms with E-state index >= 15 is 0 Å². The zero-order chi connectivity index (χ0) is 14.7. The van der Waals surface area contributed by atoms with Gasteiger partial charge in [0, 0.05) is 0 Å². The molecule has 1 aromatic carbocycles. The monoisotopic (exact) mass is 286 g/mol. The summed E-state index contributed by atoms with van der Waals surface area (Å²) in [6.07, 6.45) is 7.07. The largest absolute Gasteiger partial charge is 0.369 e. The van der Waals surface area contributed by atoms with Crippen LogP contribution in [0.2, 0.25) is 0 Å². The van der Waals surface area contributed by atoms with Crippen LogP contribution in [0.15, 0.2) is 30.3 Å². The molecule has 1 saturated heterocycles. The number of nitrogens with one attached hydrogen (secondary N) is 1. The van der Waals surface area contributed by atoms with E-state index in [2.05, 4.69) is 17.4 Å². The Bertz CT molecular complexity index is 475. The summed E-state index contributed by atoms with van der Waals surface area (Å²) in [6, 6.07) is 10.3. The Morgan fingerprint density at radius 2 is 1.76 bits per heavy atom. The summed E-state index contributed by atoms with van der Waals surface area (Å²) in [7, 11) is 0. The lowest BCUT2D eigenvalue weighted by Gasteiger charge is -2.44. The third-order valence-corrected chi connectivity index (χ3v) is 5.61. The maximum absolute atomic E-state index is 12.7. The van der Waals surface area contributed by atoms with Crippen molar-refractivity contribution in [3.63, 3.8) is 0 Å². The fourth-order valence-electron chi connectivity index (χ4n) is 4.66. The fraction of sp³-hybridized carbons (Fsp3) is 0.611. The highest BCUT2D eigenvalue weighted by molar-refractivity contribution is 5.87. The highest BCUT2D eigenvalue weighted by Gasteiger charge is 2.51. The molecule has 2 aliphatic rings. The van der Waals surface area contributed by atoms with Crippen molar-refractivity contribution >= 4 is 5.91 Å². The van der Waals surface area contributed by atoms with Gasteiger partial charge in [-0.2, -0.15) is 0 Å². The molecular formula is C18H26N2O. The van der Waals surface area contributed by atoms with Crippen LogP contribution in [0.3, 0.4) is 0 Å². The average Bonchev–Trinajstić information content (AvgIpc) is 3.04. The van der Waals surface area contributed by atoms with Gasteiger partial charge < -0.3 is 11.1 Å². The minimum atomic E-state index is -0.481. The molecule has 1 unspecified atom stereocenters. The molecule has 21 heavy (non-hydrogen) atoms. The Balaban J connectivity index is 2.08. The lowest BCUT2D eigenvalue weighted by molar-refractivity contribution is -0.128. The minimum absolute atomic E-state index is 0.116. The van der Waals surface area contributed by atoms with Crippen LogP contribution in [-0.4, -0.2) is 19.0 Å². The number of rotatable bonds is 4. The van der Waals surface area contributed by atoms with E-state index in [1.54, 1.807) is 0 Å². The molecule has 3 rings (SSSR count). The van der Waals surface area contributed by atoms with Gasteiger partial charge in [0.1, 0.15) is 0 Å². The van der Waals surface area contributed by atoms with E-state index in [-0.39, 0.29) is 5.91 Å². The molecule has 0 radical (unpaired) electrons. The smallest absolute Gasteiger partial charge is 0.228 e. The normalized spacial score (nSPS) is 26.4. The van der Waals surface area contributed by atoms with Crippen molar-refractivity contribution in [2.45, 2.75) is 43.9 Å². The molecule has 0 spiro atoms. The number of hydrogen-bond acceptors (Lipinski definition) is 2. The molecule has 3 nitrogen and oxygen atoms in total. The zero-order valence-electron chi connectivity index (χ0n) is 12.7. The van der Waals surface area contributed by atoms with E-state index in [0.717, 1.165) is 37.9 Å². The average molecular weight is 286 g/mol. The van der Waals surface area contributed by atoms with Crippen molar-refractivity contribution in [1.29, 1.82) is 0 Å². The first-order chi connectivity index (χ1) is 10.3. The van der Waals surface area contributed by atoms with Crippen molar-refractivity contribution in [2.75, 3.05) is 13.1 Å². The second-order valence-corrected chi connectivity index (χ2v) is 6.62. The van der Waals surface area contributed by atoms with Gasteiger partial charge in [-0.15, -0.1) is 0 Å². The molecule has 2 fully saturated rings. The number of carbonyl (C=O) groups excluding carboxylic acids is 1. The van der Waals surface area contributed by atoms with Gasteiger partial charge in [0.05, 0.1) is 5.41 Å². The predicted molar refractivity (Wildman–Crippen MR) is 84.9 cm³/mol. The van der Waals surface area contributed by atoms with Gasteiger partial charge in [0.25, 0.3) is 0 Å². The quantitative estimate of drug-likeness (QED) is 0.894. The number of hydrogen-bond donors (Lipinski definition) is 2. The second kappa shape index (κ2) is 6.18. The molecule has 3 heteroatoms. The highest BCUT2D eigenvalue weighted by Crippen LogP contribution is 2.47. The summed E-state index contributed by atoms with van der Waals surface area (Å²) in [5, 5.41) is 3.43. The van der Waals surface area contributed by atoms with Crippen molar-refractivity contribution in [2.24, 2.45) is 17.6 Å². The van der Waals surface area contributed by atoms with Gasteiger partial charge >= 0.3 is 0 Å². The van der Waals surface area contributed by atoms with Crippen LogP contribution in [0.4, 0.5) is 0 Å². The number of nitrogens with two attached hydrogens (primary N) is 1. The first-order valence-corrected chi connectivity index (χ1v) is 8.32. The number of primary amides is 1. The molecule has 3 N–H and O–H groups in total. The van der Waals surface area contributed by atoms with Crippen LogP contribution in [0.5, 0.6) is 0 Å². The van der Waals surface area contributed by atoms with Crippen LogP contribution >= 0.6 is 0 Å². The van der Waals surface area contributed by atoms with Gasteiger partial charge in [-0.1, -0.05) is 49.6 Å². The molecule has 2 atom stereocenters. The molecule has 0 bridgehead atoms. The maximum atomic E-state index is 12.7. The zero-order valence-corrected chi connectivity index (χ0v) is 12.7. The molecule has 0 aromatic heterocycles. The second-order valence-electron chi connectivity index (χ2n) is 6.62. The topological polar surface area (TPSA) is 55.1 Å². The maximum Gasteiger partial charge on any atom is 0.228 e. The van der Waals surface area contributed by atoms with Crippen LogP contribution in [0.25, 0.3) is 0 Å². The van der Waals surface area contributed by atoms with Crippen molar-refractivity contribution in [1.82, 2.24) is 5.32 Å². The number of amides is 1. The van der Waals surface area contributed by atoms with Crippen LogP contribution in [0, 0.1) is 11.8 Å². The molecule has 1 amide bonds. The van der Waals surface area contributed by atoms with E-state index in [4.69, 9.17) is 5.73 Å². The fourth-order valence-corrected chi connectivity index (χ4v) is 4.66. The lowest BCUT2D eigenvalue weighted by atomic mass is 9.58. The van der Waals surface area contributed by atoms with Gasteiger partial charge in [0.2, 0.25) is 5.91 Å². The van der Waals surface area contributed by atoms with Crippen molar-refractivity contribution in [3.8, 4) is 0 Å². The predicted octanol–water partition coefficient (Wildman–Crippen LogP) is 2.60. The molecule has 114 valence electrons. The molecule has 1 aliphatic heterocycles. The van der Waals surface area contributed by atoms with Crippen molar-refractivity contribution in [3.05, 3.63) is 35.9 Å². The lowest BCUT2D eigenvalue weighted by Crippen LogP contribution is -2.53. The van der Waals surface area contributed by atoms with E-state index in [1.807, 2.05) is 18.2 Å². The number of benzene rings is 1. The third kappa shape index (κ3) is 2.48. The Hall–Kier alpha value is -1.35.